The summed E-state index contributed by atoms with van der Waals surface area (Å²) >= 11 is 0. The molecule has 4 rings (SSSR count). The van der Waals surface area contributed by atoms with E-state index in [1.165, 1.54) is 6.07 Å². The molecule has 0 atom stereocenters. The lowest BCUT2D eigenvalue weighted by atomic mass is 10.1. The molecular formula is C30H24F9N5O2S. The van der Waals surface area contributed by atoms with Crippen molar-refractivity contribution in [3.63, 3.8) is 0 Å². The number of azo groups is 2. The molecule has 47 heavy (non-hydrogen) atoms. The highest BCUT2D eigenvalue weighted by Crippen LogP contribution is 2.55. The maximum Gasteiger partial charge on any atom is 0.460 e. The lowest BCUT2D eigenvalue weighted by Crippen LogP contribution is -2.63. The van der Waals surface area contributed by atoms with E-state index in [4.69, 9.17) is 0 Å². The Hall–Kier alpha value is -4.54. The van der Waals surface area contributed by atoms with E-state index in [2.05, 4.69) is 25.4 Å². The summed E-state index contributed by atoms with van der Waals surface area (Å²) in [4.78, 5) is 0.520. The van der Waals surface area contributed by atoms with Crippen molar-refractivity contribution in [2.45, 2.75) is 42.0 Å². The molecule has 0 saturated carbocycles. The second-order valence-corrected chi connectivity index (χ2v) is 11.9. The average molecular weight is 690 g/mol. The minimum absolute atomic E-state index is 0.194. The minimum atomic E-state index is -7.36. The van der Waals surface area contributed by atoms with Crippen molar-refractivity contribution in [1.82, 2.24) is 0 Å². The SMILES string of the molecule is CCN(CC)c1ccc(N=Nc2ccc(N=Nc3ccc(S(=O)(=O)C(F)(F)C(F)(F)C(F)(F)C(F)(F)F)cc3)c3ccccc23)cc1. The van der Waals surface area contributed by atoms with E-state index in [1.807, 2.05) is 38.1 Å². The summed E-state index contributed by atoms with van der Waals surface area (Å²) in [5.74, 6) is -14.7. The van der Waals surface area contributed by atoms with Gasteiger partial charge in [-0.05, 0) is 74.5 Å². The van der Waals surface area contributed by atoms with E-state index in [1.54, 1.807) is 30.3 Å². The molecule has 0 heterocycles. The Bertz CT molecular complexity index is 1890. The highest BCUT2D eigenvalue weighted by atomic mass is 32.2. The van der Waals surface area contributed by atoms with Gasteiger partial charge in [-0.15, -0.1) is 10.2 Å². The van der Waals surface area contributed by atoms with Crippen molar-refractivity contribution in [3.05, 3.63) is 84.9 Å². The highest BCUT2D eigenvalue weighted by molar-refractivity contribution is 7.92. The first-order valence-corrected chi connectivity index (χ1v) is 15.1. The molecule has 4 aromatic rings. The maximum atomic E-state index is 14.2. The molecule has 17 heteroatoms. The smallest absolute Gasteiger partial charge is 0.372 e. The van der Waals surface area contributed by atoms with E-state index in [0.29, 0.717) is 34.3 Å². The third-order valence-corrected chi connectivity index (χ3v) is 8.83. The van der Waals surface area contributed by atoms with E-state index in [9.17, 15) is 47.9 Å². The molecule has 0 aromatic heterocycles. The van der Waals surface area contributed by atoms with Crippen LogP contribution in [0.2, 0.25) is 0 Å². The van der Waals surface area contributed by atoms with Crippen LogP contribution >= 0.6 is 0 Å². The maximum absolute atomic E-state index is 14.2. The molecule has 250 valence electrons. The lowest BCUT2D eigenvalue weighted by Gasteiger charge is -2.33. The summed E-state index contributed by atoms with van der Waals surface area (Å²) in [7, 11) is -6.75. The average Bonchev–Trinajstić information content (AvgIpc) is 3.03. The standard InChI is InChI=1S/C30H24F9N5O2S/c1-3-44(4-2)21-13-9-19(10-14-21)40-42-25-17-18-26(24-8-6-5-7-23(24)25)43-41-20-11-15-22(16-12-20)47(45,46)30(38,39)28(33,34)27(31,32)29(35,36)37/h5-18H,3-4H2,1-2H3. The minimum Gasteiger partial charge on any atom is -0.372 e. The molecule has 0 amide bonds. The number of benzene rings is 4. The molecule has 7 nitrogen and oxygen atoms in total. The molecule has 0 aliphatic rings. The van der Waals surface area contributed by atoms with Gasteiger partial charge in [0.15, 0.2) is 0 Å². The zero-order chi connectivity index (χ0) is 34.8. The van der Waals surface area contributed by atoms with Gasteiger partial charge < -0.3 is 4.90 Å². The summed E-state index contributed by atoms with van der Waals surface area (Å²) in [5.41, 5.74) is 2.21. The van der Waals surface area contributed by atoms with Crippen molar-refractivity contribution >= 4 is 49.0 Å². The molecule has 0 bridgehead atoms. The molecular weight excluding hydrogens is 665 g/mol. The predicted octanol–water partition coefficient (Wildman–Crippen LogP) is 10.7. The van der Waals surface area contributed by atoms with Crippen LogP contribution in [0.1, 0.15) is 13.8 Å². The largest absolute Gasteiger partial charge is 0.460 e. The molecule has 0 N–H and O–H groups in total. The Morgan fingerprint density at radius 3 is 1.40 bits per heavy atom. The van der Waals surface area contributed by atoms with Crippen LogP contribution in [0.25, 0.3) is 10.8 Å². The highest BCUT2D eigenvalue weighted by Gasteiger charge is 2.85. The zero-order valence-electron chi connectivity index (χ0n) is 24.4. The molecule has 0 unspecified atom stereocenters. The molecule has 0 radical (unpaired) electrons. The van der Waals surface area contributed by atoms with Gasteiger partial charge in [0, 0.05) is 29.5 Å². The number of halogens is 9. The fourth-order valence-electron chi connectivity index (χ4n) is 4.35. The first-order chi connectivity index (χ1) is 21.9. The van der Waals surface area contributed by atoms with Crippen LogP contribution in [0.5, 0.6) is 0 Å². The van der Waals surface area contributed by atoms with Gasteiger partial charge >= 0.3 is 23.3 Å². The molecule has 0 spiro atoms. The number of anilines is 1. The number of rotatable bonds is 11. The molecule has 0 aliphatic carbocycles. The van der Waals surface area contributed by atoms with Crippen LogP contribution in [0.4, 0.5) is 68.0 Å². The lowest BCUT2D eigenvalue weighted by molar-refractivity contribution is -0.382. The van der Waals surface area contributed by atoms with Crippen molar-refractivity contribution in [2.75, 3.05) is 18.0 Å². The second-order valence-electron chi connectivity index (χ2n) is 9.90. The first kappa shape index (κ1) is 35.3. The van der Waals surface area contributed by atoms with Crippen LogP contribution in [0.15, 0.2) is 110 Å². The van der Waals surface area contributed by atoms with Gasteiger partial charge in [-0.1, -0.05) is 24.3 Å². The van der Waals surface area contributed by atoms with Gasteiger partial charge in [0.1, 0.15) is 0 Å². The Balaban J connectivity index is 1.58. The summed E-state index contributed by atoms with van der Waals surface area (Å²) in [6.07, 6.45) is -7.16. The van der Waals surface area contributed by atoms with Gasteiger partial charge in [-0.25, -0.2) is 8.42 Å². The van der Waals surface area contributed by atoms with Crippen molar-refractivity contribution < 1.29 is 47.9 Å². The van der Waals surface area contributed by atoms with Crippen LogP contribution < -0.4 is 4.90 Å². The quantitative estimate of drug-likeness (QED) is 0.116. The van der Waals surface area contributed by atoms with Gasteiger partial charge in [-0.3, -0.25) is 0 Å². The van der Waals surface area contributed by atoms with E-state index < -0.39 is 38.0 Å². The van der Waals surface area contributed by atoms with Gasteiger partial charge in [0.2, 0.25) is 9.84 Å². The zero-order valence-corrected chi connectivity index (χ0v) is 25.2. The second kappa shape index (κ2) is 12.9. The predicted molar refractivity (Wildman–Crippen MR) is 157 cm³/mol. The summed E-state index contributed by atoms with van der Waals surface area (Å²) in [6, 6.07) is 19.6. The number of hydrogen-bond donors (Lipinski definition) is 0. The Morgan fingerprint density at radius 1 is 0.574 bits per heavy atom. The monoisotopic (exact) mass is 689 g/mol. The topological polar surface area (TPSA) is 86.8 Å². The molecule has 0 aliphatic heterocycles. The number of fused-ring (bicyclic) bond motifs is 1. The molecule has 0 fully saturated rings. The normalized spacial score (nSPS) is 13.6. The van der Waals surface area contributed by atoms with Crippen LogP contribution in [-0.4, -0.2) is 44.8 Å². The van der Waals surface area contributed by atoms with Crippen LogP contribution in [0, 0.1) is 0 Å². The summed E-state index contributed by atoms with van der Waals surface area (Å²) in [6.45, 7) is 5.79. The summed E-state index contributed by atoms with van der Waals surface area (Å²) < 4.78 is 144. The van der Waals surface area contributed by atoms with E-state index in [-0.39, 0.29) is 11.4 Å². The van der Waals surface area contributed by atoms with Gasteiger partial charge in [0.25, 0.3) is 0 Å². The van der Waals surface area contributed by atoms with Gasteiger partial charge in [0.05, 0.1) is 27.6 Å². The number of sulfone groups is 1. The fourth-order valence-corrected chi connectivity index (χ4v) is 5.61. The number of nitrogens with zero attached hydrogens (tertiary/aromatic N) is 5. The Labute approximate surface area is 262 Å². The van der Waals surface area contributed by atoms with E-state index in [0.717, 1.165) is 30.9 Å². The van der Waals surface area contributed by atoms with Crippen molar-refractivity contribution in [2.24, 2.45) is 20.5 Å². The van der Waals surface area contributed by atoms with Crippen molar-refractivity contribution in [3.8, 4) is 0 Å². The van der Waals surface area contributed by atoms with Crippen LogP contribution in [-0.2, 0) is 9.84 Å². The fraction of sp³-hybridized carbons (Fsp3) is 0.267. The van der Waals surface area contributed by atoms with Gasteiger partial charge in [-0.2, -0.15) is 49.7 Å². The summed E-state index contributed by atoms with van der Waals surface area (Å²) in [5, 5.41) is 10.9. The molecule has 0 saturated heterocycles. The third-order valence-electron chi connectivity index (χ3n) is 7.00. The Morgan fingerprint density at radius 2 is 1.00 bits per heavy atom. The third kappa shape index (κ3) is 6.53. The Kier molecular flexibility index (Phi) is 9.71. The number of hydrogen-bond acceptors (Lipinski definition) is 7. The van der Waals surface area contributed by atoms with Crippen LogP contribution in [0.3, 0.4) is 0 Å². The van der Waals surface area contributed by atoms with E-state index >= 15 is 0 Å². The van der Waals surface area contributed by atoms with Crippen molar-refractivity contribution in [1.29, 1.82) is 0 Å². The first-order valence-electron chi connectivity index (χ1n) is 13.6. The molecule has 4 aromatic carbocycles. The number of alkyl halides is 9.